The van der Waals surface area contributed by atoms with Gasteiger partial charge in [0.15, 0.2) is 0 Å². The van der Waals surface area contributed by atoms with Crippen LogP contribution in [0.5, 0.6) is 0 Å². The summed E-state index contributed by atoms with van der Waals surface area (Å²) in [6.07, 6.45) is 0. The molecule has 108 valence electrons. The van der Waals surface area contributed by atoms with Crippen molar-refractivity contribution in [1.82, 2.24) is 0 Å². The Morgan fingerprint density at radius 1 is 1.29 bits per heavy atom. The highest BCUT2D eigenvalue weighted by Gasteiger charge is 2.13. The maximum Gasteiger partial charge on any atom is 0.269 e. The quantitative estimate of drug-likeness (QED) is 0.515. The highest BCUT2D eigenvalue weighted by molar-refractivity contribution is 6.08. The van der Waals surface area contributed by atoms with Gasteiger partial charge in [-0.05, 0) is 36.8 Å². The molecule has 0 fully saturated rings. The lowest BCUT2D eigenvalue weighted by atomic mass is 10.1. The standard InChI is InChI=1S/C14H12FN3O3/c1-8-6-10(18(20)21)3-5-13(8)17-14(19)11-4-2-9(15)7-12(11)16/h2-7H,16H2,1H3,(H,17,19). The number of nitrogen functional groups attached to an aromatic ring is 1. The molecule has 0 bridgehead atoms. The van der Waals surface area contributed by atoms with E-state index in [1.807, 2.05) is 0 Å². The van der Waals surface area contributed by atoms with Crippen LogP contribution >= 0.6 is 0 Å². The summed E-state index contributed by atoms with van der Waals surface area (Å²) in [7, 11) is 0. The Balaban J connectivity index is 2.25. The molecule has 2 rings (SSSR count). The molecular formula is C14H12FN3O3. The molecule has 6 nitrogen and oxygen atoms in total. The van der Waals surface area contributed by atoms with Gasteiger partial charge in [0.2, 0.25) is 0 Å². The zero-order valence-electron chi connectivity index (χ0n) is 11.1. The number of nitrogens with two attached hydrogens (primary N) is 1. The number of nitrogens with zero attached hydrogens (tertiary/aromatic N) is 1. The minimum atomic E-state index is -0.532. The lowest BCUT2D eigenvalue weighted by Gasteiger charge is -2.09. The van der Waals surface area contributed by atoms with E-state index in [4.69, 9.17) is 5.73 Å². The molecule has 1 amide bonds. The van der Waals surface area contributed by atoms with Crippen molar-refractivity contribution in [2.24, 2.45) is 0 Å². The molecule has 0 heterocycles. The molecule has 0 aliphatic rings. The first kappa shape index (κ1) is 14.4. The van der Waals surface area contributed by atoms with Gasteiger partial charge < -0.3 is 11.1 Å². The van der Waals surface area contributed by atoms with Crippen molar-refractivity contribution in [3.05, 3.63) is 63.5 Å². The number of halogens is 1. The number of non-ortho nitro benzene ring substituents is 1. The Kier molecular flexibility index (Phi) is 3.84. The molecule has 0 atom stereocenters. The largest absolute Gasteiger partial charge is 0.398 e. The lowest BCUT2D eigenvalue weighted by Crippen LogP contribution is -2.15. The summed E-state index contributed by atoms with van der Waals surface area (Å²) in [5.74, 6) is -1.04. The van der Waals surface area contributed by atoms with Crippen molar-refractivity contribution in [2.75, 3.05) is 11.1 Å². The Bertz CT molecular complexity index is 731. The second-order valence-electron chi connectivity index (χ2n) is 4.44. The van der Waals surface area contributed by atoms with Crippen molar-refractivity contribution in [2.45, 2.75) is 6.92 Å². The minimum Gasteiger partial charge on any atom is -0.398 e. The van der Waals surface area contributed by atoms with E-state index in [0.717, 1.165) is 12.1 Å². The smallest absolute Gasteiger partial charge is 0.269 e. The van der Waals surface area contributed by atoms with Crippen molar-refractivity contribution in [1.29, 1.82) is 0 Å². The molecule has 7 heteroatoms. The highest BCUT2D eigenvalue weighted by atomic mass is 19.1. The fraction of sp³-hybridized carbons (Fsp3) is 0.0714. The molecule has 0 radical (unpaired) electrons. The van der Waals surface area contributed by atoms with Crippen LogP contribution in [0.1, 0.15) is 15.9 Å². The summed E-state index contributed by atoms with van der Waals surface area (Å²) in [6.45, 7) is 1.64. The number of carbonyl (C=O) groups excluding carboxylic acids is 1. The molecule has 2 aromatic rings. The minimum absolute atomic E-state index is 0.0204. The second-order valence-corrected chi connectivity index (χ2v) is 4.44. The van der Waals surface area contributed by atoms with E-state index in [2.05, 4.69) is 5.32 Å². The molecule has 0 unspecified atom stereocenters. The van der Waals surface area contributed by atoms with Crippen molar-refractivity contribution < 1.29 is 14.1 Å². The van der Waals surface area contributed by atoms with Gasteiger partial charge in [-0.25, -0.2) is 4.39 Å². The van der Waals surface area contributed by atoms with Crippen LogP contribution in [0.3, 0.4) is 0 Å². The van der Waals surface area contributed by atoms with Gasteiger partial charge in [-0.2, -0.15) is 0 Å². The average Bonchev–Trinajstić information content (AvgIpc) is 2.40. The van der Waals surface area contributed by atoms with Crippen LogP contribution in [0.2, 0.25) is 0 Å². The number of carbonyl (C=O) groups is 1. The Morgan fingerprint density at radius 3 is 2.57 bits per heavy atom. The van der Waals surface area contributed by atoms with Crippen LogP contribution < -0.4 is 11.1 Å². The monoisotopic (exact) mass is 289 g/mol. The fourth-order valence-corrected chi connectivity index (χ4v) is 1.83. The topological polar surface area (TPSA) is 98.3 Å². The van der Waals surface area contributed by atoms with Crippen molar-refractivity contribution in [3.8, 4) is 0 Å². The van der Waals surface area contributed by atoms with Crippen LogP contribution in [0.15, 0.2) is 36.4 Å². The number of hydrogen-bond acceptors (Lipinski definition) is 4. The average molecular weight is 289 g/mol. The number of nitro groups is 1. The summed E-state index contributed by atoms with van der Waals surface area (Å²) < 4.78 is 12.9. The maximum absolute atomic E-state index is 12.9. The van der Waals surface area contributed by atoms with E-state index >= 15 is 0 Å². The summed E-state index contributed by atoms with van der Waals surface area (Å²) in [5.41, 5.74) is 6.64. The Morgan fingerprint density at radius 2 is 2.00 bits per heavy atom. The molecule has 0 aliphatic carbocycles. The van der Waals surface area contributed by atoms with Gasteiger partial charge >= 0.3 is 0 Å². The highest BCUT2D eigenvalue weighted by Crippen LogP contribution is 2.22. The van der Waals surface area contributed by atoms with Gasteiger partial charge in [0, 0.05) is 23.5 Å². The van der Waals surface area contributed by atoms with E-state index in [1.54, 1.807) is 6.92 Å². The number of benzene rings is 2. The molecular weight excluding hydrogens is 277 g/mol. The van der Waals surface area contributed by atoms with Crippen LogP contribution in [0.25, 0.3) is 0 Å². The van der Waals surface area contributed by atoms with Gasteiger partial charge in [-0.1, -0.05) is 0 Å². The van der Waals surface area contributed by atoms with E-state index < -0.39 is 16.6 Å². The number of nitrogens with one attached hydrogen (secondary N) is 1. The number of anilines is 2. The van der Waals surface area contributed by atoms with Crippen LogP contribution in [0, 0.1) is 22.9 Å². The van der Waals surface area contributed by atoms with Gasteiger partial charge in [0.1, 0.15) is 5.82 Å². The van der Waals surface area contributed by atoms with E-state index in [9.17, 15) is 19.3 Å². The van der Waals surface area contributed by atoms with Gasteiger partial charge in [0.05, 0.1) is 10.5 Å². The summed E-state index contributed by atoms with van der Waals surface area (Å²) in [4.78, 5) is 22.2. The number of amides is 1. The molecule has 21 heavy (non-hydrogen) atoms. The van der Waals surface area contributed by atoms with Gasteiger partial charge in [-0.3, -0.25) is 14.9 Å². The zero-order chi connectivity index (χ0) is 15.6. The Labute approximate surface area is 119 Å². The zero-order valence-corrected chi connectivity index (χ0v) is 11.1. The third kappa shape index (κ3) is 3.14. The van der Waals surface area contributed by atoms with Crippen molar-refractivity contribution in [3.63, 3.8) is 0 Å². The molecule has 2 aromatic carbocycles. The first-order valence-corrected chi connectivity index (χ1v) is 6.00. The normalized spacial score (nSPS) is 10.2. The van der Waals surface area contributed by atoms with Crippen LogP contribution in [0.4, 0.5) is 21.5 Å². The third-order valence-corrected chi connectivity index (χ3v) is 2.93. The first-order valence-electron chi connectivity index (χ1n) is 6.00. The van der Waals surface area contributed by atoms with Crippen molar-refractivity contribution >= 4 is 23.0 Å². The Hall–Kier alpha value is -2.96. The molecule has 3 N–H and O–H groups in total. The predicted molar refractivity (Wildman–Crippen MR) is 76.6 cm³/mol. The molecule has 0 spiro atoms. The number of nitro benzene ring substituents is 1. The lowest BCUT2D eigenvalue weighted by molar-refractivity contribution is -0.384. The van der Waals surface area contributed by atoms with E-state index in [-0.39, 0.29) is 16.9 Å². The third-order valence-electron chi connectivity index (χ3n) is 2.93. The molecule has 0 saturated heterocycles. The predicted octanol–water partition coefficient (Wildman–Crippen LogP) is 2.88. The van der Waals surface area contributed by atoms with E-state index in [0.29, 0.717) is 11.3 Å². The first-order chi connectivity index (χ1) is 9.88. The summed E-state index contributed by atoms with van der Waals surface area (Å²) in [5, 5.41) is 13.2. The van der Waals surface area contributed by atoms with E-state index in [1.165, 1.54) is 24.3 Å². The molecule has 0 saturated carbocycles. The van der Waals surface area contributed by atoms with Crippen LogP contribution in [-0.2, 0) is 0 Å². The van der Waals surface area contributed by atoms with Gasteiger partial charge in [-0.15, -0.1) is 0 Å². The number of hydrogen-bond donors (Lipinski definition) is 2. The van der Waals surface area contributed by atoms with Crippen LogP contribution in [-0.4, -0.2) is 10.8 Å². The summed E-state index contributed by atoms with van der Waals surface area (Å²) >= 11 is 0. The molecule has 0 aromatic heterocycles. The number of rotatable bonds is 3. The fourth-order valence-electron chi connectivity index (χ4n) is 1.83. The van der Waals surface area contributed by atoms with Gasteiger partial charge in [0.25, 0.3) is 11.6 Å². The number of aryl methyl sites for hydroxylation is 1. The second kappa shape index (κ2) is 5.58. The summed E-state index contributed by atoms with van der Waals surface area (Å²) in [6, 6.07) is 7.54. The molecule has 0 aliphatic heterocycles. The SMILES string of the molecule is Cc1cc([N+](=O)[O-])ccc1NC(=O)c1ccc(F)cc1N. The maximum atomic E-state index is 12.9.